The van der Waals surface area contributed by atoms with Gasteiger partial charge in [-0.05, 0) is 24.3 Å². The zero-order valence-corrected chi connectivity index (χ0v) is 10.8. The molecule has 1 unspecified atom stereocenters. The molecule has 1 heterocycles. The van der Waals surface area contributed by atoms with Gasteiger partial charge in [0.2, 0.25) is 0 Å². The van der Waals surface area contributed by atoms with Gasteiger partial charge in [0.25, 0.3) is 11.8 Å². The lowest BCUT2D eigenvalue weighted by Crippen LogP contribution is -2.41. The first-order valence-electron chi connectivity index (χ1n) is 5.21. The van der Waals surface area contributed by atoms with E-state index < -0.39 is 18.0 Å². The molecule has 4 amide bonds. The third-order valence-corrected chi connectivity index (χ3v) is 2.96. The van der Waals surface area contributed by atoms with Crippen LogP contribution in [-0.2, 0) is 4.79 Å². The van der Waals surface area contributed by atoms with Gasteiger partial charge < -0.3 is 10.6 Å². The van der Waals surface area contributed by atoms with E-state index in [2.05, 4.69) is 31.9 Å². The van der Waals surface area contributed by atoms with Gasteiger partial charge in [0.15, 0.2) is 0 Å². The summed E-state index contributed by atoms with van der Waals surface area (Å²) in [5, 5.41) is 7.07. The van der Waals surface area contributed by atoms with E-state index in [1.54, 1.807) is 24.3 Å². The van der Waals surface area contributed by atoms with Gasteiger partial charge in [0.05, 0.1) is 0 Å². The molecular weight excluding hydrogens is 302 g/mol. The summed E-state index contributed by atoms with van der Waals surface area (Å²) >= 11 is 3.27. The van der Waals surface area contributed by atoms with Crippen molar-refractivity contribution < 1.29 is 14.4 Å². The lowest BCUT2D eigenvalue weighted by atomic mass is 10.2. The van der Waals surface area contributed by atoms with Gasteiger partial charge in [-0.2, -0.15) is 0 Å². The van der Waals surface area contributed by atoms with Crippen molar-refractivity contribution in [3.05, 3.63) is 34.3 Å². The topological polar surface area (TPSA) is 87.3 Å². The van der Waals surface area contributed by atoms with E-state index >= 15 is 0 Å². The molecular formula is C11H10BrN3O3. The molecule has 94 valence electrons. The number of nitrogens with one attached hydrogen (secondary N) is 3. The predicted octanol–water partition coefficient (Wildman–Crippen LogP) is 0.387. The number of hydrogen-bond acceptors (Lipinski definition) is 3. The largest absolute Gasteiger partial charge is 0.349 e. The quantitative estimate of drug-likeness (QED) is 0.706. The van der Waals surface area contributed by atoms with Crippen LogP contribution in [0.5, 0.6) is 0 Å². The Morgan fingerprint density at radius 1 is 1.28 bits per heavy atom. The van der Waals surface area contributed by atoms with Crippen molar-refractivity contribution in [1.82, 2.24) is 16.0 Å². The molecule has 0 aliphatic carbocycles. The number of carbonyl (C=O) groups excluding carboxylic acids is 3. The molecule has 1 aromatic carbocycles. The number of carbonyl (C=O) groups is 3. The van der Waals surface area contributed by atoms with Gasteiger partial charge in [-0.1, -0.05) is 15.9 Å². The van der Waals surface area contributed by atoms with Crippen molar-refractivity contribution in [3.63, 3.8) is 0 Å². The highest BCUT2D eigenvalue weighted by Gasteiger charge is 2.29. The Morgan fingerprint density at radius 2 is 1.94 bits per heavy atom. The average Bonchev–Trinajstić information content (AvgIpc) is 2.66. The molecule has 0 saturated carbocycles. The van der Waals surface area contributed by atoms with Crippen LogP contribution in [0.25, 0.3) is 0 Å². The summed E-state index contributed by atoms with van der Waals surface area (Å²) in [5.74, 6) is -0.729. The maximum absolute atomic E-state index is 11.7. The molecule has 0 bridgehead atoms. The molecule has 0 spiro atoms. The maximum atomic E-state index is 11.7. The van der Waals surface area contributed by atoms with Crippen molar-refractivity contribution in [3.8, 4) is 0 Å². The molecule has 1 saturated heterocycles. The minimum Gasteiger partial charge on any atom is -0.349 e. The van der Waals surface area contributed by atoms with Crippen LogP contribution in [0.1, 0.15) is 10.4 Å². The van der Waals surface area contributed by atoms with E-state index in [-0.39, 0.29) is 12.5 Å². The molecule has 6 nitrogen and oxygen atoms in total. The van der Waals surface area contributed by atoms with Crippen LogP contribution >= 0.6 is 15.9 Å². The van der Waals surface area contributed by atoms with E-state index in [0.29, 0.717) is 5.56 Å². The minimum atomic E-state index is -0.711. The lowest BCUT2D eigenvalue weighted by Gasteiger charge is -2.09. The molecule has 1 fully saturated rings. The molecule has 3 N–H and O–H groups in total. The normalized spacial score (nSPS) is 18.2. The van der Waals surface area contributed by atoms with Crippen LogP contribution in [0.2, 0.25) is 0 Å². The number of halogens is 1. The van der Waals surface area contributed by atoms with Crippen molar-refractivity contribution >= 4 is 33.8 Å². The first kappa shape index (κ1) is 12.6. The number of hydrogen-bond donors (Lipinski definition) is 3. The minimum absolute atomic E-state index is 0.0620. The zero-order chi connectivity index (χ0) is 13.1. The fraction of sp³-hybridized carbons (Fsp3) is 0.182. The van der Waals surface area contributed by atoms with Gasteiger partial charge in [0, 0.05) is 16.6 Å². The van der Waals surface area contributed by atoms with Crippen molar-refractivity contribution in [1.29, 1.82) is 0 Å². The van der Waals surface area contributed by atoms with Crippen molar-refractivity contribution in [2.75, 3.05) is 6.54 Å². The Kier molecular flexibility index (Phi) is 3.61. The molecule has 1 aliphatic heterocycles. The Labute approximate surface area is 111 Å². The van der Waals surface area contributed by atoms with Crippen LogP contribution < -0.4 is 16.0 Å². The maximum Gasteiger partial charge on any atom is 0.322 e. The molecule has 1 atom stereocenters. The number of amides is 4. The van der Waals surface area contributed by atoms with Crippen LogP contribution in [0, 0.1) is 0 Å². The molecule has 2 rings (SSSR count). The third-order valence-electron chi connectivity index (χ3n) is 2.43. The van der Waals surface area contributed by atoms with Crippen molar-refractivity contribution in [2.45, 2.75) is 6.04 Å². The Balaban J connectivity index is 1.90. The fourth-order valence-electron chi connectivity index (χ4n) is 1.50. The summed E-state index contributed by atoms with van der Waals surface area (Å²) in [4.78, 5) is 33.8. The van der Waals surface area contributed by atoms with Gasteiger partial charge in [-0.15, -0.1) is 0 Å². The molecule has 7 heteroatoms. The van der Waals surface area contributed by atoms with Gasteiger partial charge in [-0.25, -0.2) is 4.79 Å². The summed E-state index contributed by atoms with van der Waals surface area (Å²) in [5.41, 5.74) is 0.489. The monoisotopic (exact) mass is 311 g/mol. The SMILES string of the molecule is O=C1NC(=O)C(CNC(=O)c2ccc(Br)cc2)N1. The van der Waals surface area contributed by atoms with E-state index in [1.807, 2.05) is 0 Å². The zero-order valence-electron chi connectivity index (χ0n) is 9.20. The number of urea groups is 1. The number of imide groups is 1. The smallest absolute Gasteiger partial charge is 0.322 e. The Hall–Kier alpha value is -1.89. The molecule has 0 aromatic heterocycles. The number of rotatable bonds is 3. The van der Waals surface area contributed by atoms with E-state index in [0.717, 1.165) is 4.47 Å². The summed E-state index contributed by atoms with van der Waals surface area (Å²) in [6.07, 6.45) is 0. The van der Waals surface area contributed by atoms with Crippen molar-refractivity contribution in [2.24, 2.45) is 0 Å². The average molecular weight is 312 g/mol. The van der Waals surface area contributed by atoms with Crippen LogP contribution in [0.15, 0.2) is 28.7 Å². The van der Waals surface area contributed by atoms with Crippen LogP contribution in [0.4, 0.5) is 4.79 Å². The molecule has 1 aliphatic rings. The Bertz CT molecular complexity index is 501. The summed E-state index contributed by atoms with van der Waals surface area (Å²) in [7, 11) is 0. The standard InChI is InChI=1S/C11H10BrN3O3/c12-7-3-1-6(2-4-7)9(16)13-5-8-10(17)15-11(18)14-8/h1-4,8H,5H2,(H,13,16)(H2,14,15,17,18). The third kappa shape index (κ3) is 2.86. The van der Waals surface area contributed by atoms with E-state index in [4.69, 9.17) is 0 Å². The molecule has 1 aromatic rings. The Morgan fingerprint density at radius 3 is 2.50 bits per heavy atom. The summed E-state index contributed by atoms with van der Waals surface area (Å²) < 4.78 is 0.876. The highest BCUT2D eigenvalue weighted by Crippen LogP contribution is 2.10. The molecule has 0 radical (unpaired) electrons. The number of benzene rings is 1. The van der Waals surface area contributed by atoms with Gasteiger partial charge in [0.1, 0.15) is 6.04 Å². The second-order valence-electron chi connectivity index (χ2n) is 3.73. The van der Waals surface area contributed by atoms with Gasteiger partial charge in [-0.3, -0.25) is 14.9 Å². The van der Waals surface area contributed by atoms with Crippen LogP contribution in [0.3, 0.4) is 0 Å². The second-order valence-corrected chi connectivity index (χ2v) is 4.65. The van der Waals surface area contributed by atoms with E-state index in [9.17, 15) is 14.4 Å². The predicted molar refractivity (Wildman–Crippen MR) is 66.9 cm³/mol. The van der Waals surface area contributed by atoms with Crippen LogP contribution in [-0.4, -0.2) is 30.4 Å². The highest BCUT2D eigenvalue weighted by atomic mass is 79.9. The first-order valence-corrected chi connectivity index (χ1v) is 6.00. The highest BCUT2D eigenvalue weighted by molar-refractivity contribution is 9.10. The second kappa shape index (κ2) is 5.18. The first-order chi connectivity index (χ1) is 8.56. The summed E-state index contributed by atoms with van der Waals surface area (Å²) in [6.45, 7) is 0.0620. The van der Waals surface area contributed by atoms with Gasteiger partial charge >= 0.3 is 6.03 Å². The fourth-order valence-corrected chi connectivity index (χ4v) is 1.77. The lowest BCUT2D eigenvalue weighted by molar-refractivity contribution is -0.120. The van der Waals surface area contributed by atoms with E-state index in [1.165, 1.54) is 0 Å². The summed E-state index contributed by atoms with van der Waals surface area (Å²) in [6, 6.07) is 5.57. The molecule has 18 heavy (non-hydrogen) atoms.